The fraction of sp³-hybridized carbons (Fsp3) is 0.227. The first-order chi connectivity index (χ1) is 13.9. The summed E-state index contributed by atoms with van der Waals surface area (Å²) in [5.41, 5.74) is 4.02. The zero-order valence-corrected chi connectivity index (χ0v) is 18.3. The Morgan fingerprint density at radius 3 is 2.41 bits per heavy atom. The molecule has 0 saturated carbocycles. The normalized spacial score (nSPS) is 11.5. The maximum Gasteiger partial charge on any atom is 0.169 e. The summed E-state index contributed by atoms with van der Waals surface area (Å²) in [5, 5.41) is 1.59. The molecule has 0 aliphatic carbocycles. The highest BCUT2D eigenvalue weighted by Gasteiger charge is 2.20. The SMILES string of the molecule is CC(C)CCc1ccc(-c2nc3c(Cl)ncnc3n2-c2ccc(Cl)cc2)c(Cl)c1. The molecular weight excluding hydrogens is 427 g/mol. The summed E-state index contributed by atoms with van der Waals surface area (Å²) in [4.78, 5) is 13.2. The zero-order chi connectivity index (χ0) is 20.5. The van der Waals surface area contributed by atoms with E-state index in [0.29, 0.717) is 38.1 Å². The summed E-state index contributed by atoms with van der Waals surface area (Å²) in [6.45, 7) is 4.43. The highest BCUT2D eigenvalue weighted by molar-refractivity contribution is 6.34. The molecule has 0 aliphatic rings. The fourth-order valence-corrected chi connectivity index (χ4v) is 3.82. The second-order valence-electron chi connectivity index (χ2n) is 7.33. The van der Waals surface area contributed by atoms with Gasteiger partial charge < -0.3 is 0 Å². The first-order valence-corrected chi connectivity index (χ1v) is 10.5. The molecule has 2 heterocycles. The van der Waals surface area contributed by atoms with E-state index in [-0.39, 0.29) is 0 Å². The van der Waals surface area contributed by atoms with Crippen LogP contribution in [-0.2, 0) is 6.42 Å². The van der Waals surface area contributed by atoms with Gasteiger partial charge in [0.1, 0.15) is 17.7 Å². The zero-order valence-electron chi connectivity index (χ0n) is 16.0. The molecule has 0 bridgehead atoms. The lowest BCUT2D eigenvalue weighted by Gasteiger charge is -2.12. The van der Waals surface area contributed by atoms with Gasteiger partial charge in [-0.2, -0.15) is 0 Å². The lowest BCUT2D eigenvalue weighted by Crippen LogP contribution is -2.00. The molecule has 0 amide bonds. The third-order valence-corrected chi connectivity index (χ3v) is 5.61. The number of benzene rings is 2. The molecule has 0 N–H and O–H groups in total. The Bertz CT molecular complexity index is 1170. The predicted octanol–water partition coefficient (Wildman–Crippen LogP) is 7.03. The van der Waals surface area contributed by atoms with Gasteiger partial charge in [-0.15, -0.1) is 0 Å². The van der Waals surface area contributed by atoms with Crippen molar-refractivity contribution in [2.24, 2.45) is 5.92 Å². The van der Waals surface area contributed by atoms with Crippen molar-refractivity contribution < 1.29 is 0 Å². The number of fused-ring (bicyclic) bond motifs is 1. The minimum atomic E-state index is 0.300. The van der Waals surface area contributed by atoms with Crippen LogP contribution in [0.4, 0.5) is 0 Å². The largest absolute Gasteiger partial charge is 0.277 e. The maximum atomic E-state index is 6.69. The molecule has 0 spiro atoms. The smallest absolute Gasteiger partial charge is 0.169 e. The number of aromatic nitrogens is 4. The van der Waals surface area contributed by atoms with Gasteiger partial charge in [-0.1, -0.05) is 54.7 Å². The van der Waals surface area contributed by atoms with E-state index in [0.717, 1.165) is 24.1 Å². The maximum absolute atomic E-state index is 6.69. The van der Waals surface area contributed by atoms with Crippen molar-refractivity contribution in [3.05, 3.63) is 69.6 Å². The van der Waals surface area contributed by atoms with Gasteiger partial charge in [-0.3, -0.25) is 4.57 Å². The van der Waals surface area contributed by atoms with Gasteiger partial charge >= 0.3 is 0 Å². The Labute approximate surface area is 184 Å². The Kier molecular flexibility index (Phi) is 5.77. The summed E-state index contributed by atoms with van der Waals surface area (Å²) >= 11 is 19.1. The van der Waals surface area contributed by atoms with Crippen LogP contribution >= 0.6 is 34.8 Å². The number of halogens is 3. The van der Waals surface area contributed by atoms with Gasteiger partial charge in [0.05, 0.1) is 5.02 Å². The molecule has 0 saturated heterocycles. The number of imidazole rings is 1. The van der Waals surface area contributed by atoms with Crippen molar-refractivity contribution in [3.63, 3.8) is 0 Å². The molecule has 0 unspecified atom stereocenters. The molecule has 2 aromatic heterocycles. The van der Waals surface area contributed by atoms with Crippen LogP contribution in [0.2, 0.25) is 15.2 Å². The summed E-state index contributed by atoms with van der Waals surface area (Å²) in [6, 6.07) is 13.6. The molecule has 4 nitrogen and oxygen atoms in total. The van der Waals surface area contributed by atoms with E-state index in [9.17, 15) is 0 Å². The lowest BCUT2D eigenvalue weighted by molar-refractivity contribution is 0.587. The van der Waals surface area contributed by atoms with Crippen molar-refractivity contribution in [2.45, 2.75) is 26.7 Å². The quantitative estimate of drug-likeness (QED) is 0.310. The van der Waals surface area contributed by atoms with E-state index in [1.807, 2.05) is 41.0 Å². The minimum absolute atomic E-state index is 0.300. The van der Waals surface area contributed by atoms with E-state index in [2.05, 4.69) is 29.9 Å². The van der Waals surface area contributed by atoms with E-state index in [4.69, 9.17) is 39.8 Å². The number of hydrogen-bond acceptors (Lipinski definition) is 3. The van der Waals surface area contributed by atoms with Gasteiger partial charge in [-0.05, 0) is 60.7 Å². The van der Waals surface area contributed by atoms with E-state index < -0.39 is 0 Å². The fourth-order valence-electron chi connectivity index (χ4n) is 3.23. The first kappa shape index (κ1) is 20.1. The van der Waals surface area contributed by atoms with E-state index >= 15 is 0 Å². The van der Waals surface area contributed by atoms with Crippen LogP contribution < -0.4 is 0 Å². The van der Waals surface area contributed by atoms with Crippen molar-refractivity contribution in [1.82, 2.24) is 19.5 Å². The Hall–Kier alpha value is -2.14. The summed E-state index contributed by atoms with van der Waals surface area (Å²) < 4.78 is 1.92. The summed E-state index contributed by atoms with van der Waals surface area (Å²) in [7, 11) is 0. The average Bonchev–Trinajstić information content (AvgIpc) is 3.08. The molecule has 0 radical (unpaired) electrons. The molecule has 29 heavy (non-hydrogen) atoms. The lowest BCUT2D eigenvalue weighted by atomic mass is 10.0. The second kappa shape index (κ2) is 8.31. The third-order valence-electron chi connectivity index (χ3n) is 4.77. The van der Waals surface area contributed by atoms with E-state index in [1.54, 1.807) is 0 Å². The van der Waals surface area contributed by atoms with Crippen LogP contribution in [-0.4, -0.2) is 19.5 Å². The minimum Gasteiger partial charge on any atom is -0.277 e. The van der Waals surface area contributed by atoms with E-state index in [1.165, 1.54) is 11.9 Å². The Balaban J connectivity index is 1.88. The molecule has 2 aromatic carbocycles. The highest BCUT2D eigenvalue weighted by atomic mass is 35.5. The third kappa shape index (κ3) is 4.11. The summed E-state index contributed by atoms with van der Waals surface area (Å²) in [6.07, 6.45) is 3.53. The molecule has 0 fully saturated rings. The predicted molar refractivity (Wildman–Crippen MR) is 120 cm³/mol. The van der Waals surface area contributed by atoms with Gasteiger partial charge in [-0.25, -0.2) is 15.0 Å². The van der Waals surface area contributed by atoms with Crippen LogP contribution in [0, 0.1) is 5.92 Å². The van der Waals surface area contributed by atoms with Crippen molar-refractivity contribution in [1.29, 1.82) is 0 Å². The molecule has 7 heteroatoms. The number of aryl methyl sites for hydroxylation is 1. The average molecular weight is 446 g/mol. The molecule has 4 aromatic rings. The molecule has 0 aliphatic heterocycles. The topological polar surface area (TPSA) is 43.6 Å². The molecule has 148 valence electrons. The molecule has 0 atom stereocenters. The van der Waals surface area contributed by atoms with Gasteiger partial charge in [0.2, 0.25) is 0 Å². The Morgan fingerprint density at radius 2 is 1.72 bits per heavy atom. The molecule has 4 rings (SSSR count). The Morgan fingerprint density at radius 1 is 0.966 bits per heavy atom. The van der Waals surface area contributed by atoms with Crippen LogP contribution in [0.5, 0.6) is 0 Å². The van der Waals surface area contributed by atoms with Crippen molar-refractivity contribution in [2.75, 3.05) is 0 Å². The first-order valence-electron chi connectivity index (χ1n) is 9.37. The van der Waals surface area contributed by atoms with Crippen LogP contribution in [0.25, 0.3) is 28.2 Å². The second-order valence-corrected chi connectivity index (χ2v) is 8.53. The van der Waals surface area contributed by atoms with Crippen LogP contribution in [0.1, 0.15) is 25.8 Å². The number of nitrogens with zero attached hydrogens (tertiary/aromatic N) is 4. The number of hydrogen-bond donors (Lipinski definition) is 0. The van der Waals surface area contributed by atoms with Gasteiger partial charge in [0.25, 0.3) is 0 Å². The number of rotatable bonds is 5. The van der Waals surface area contributed by atoms with Crippen molar-refractivity contribution >= 4 is 46.0 Å². The van der Waals surface area contributed by atoms with Gasteiger partial charge in [0, 0.05) is 16.3 Å². The molecular formula is C22H19Cl3N4. The van der Waals surface area contributed by atoms with Gasteiger partial charge in [0.15, 0.2) is 10.8 Å². The standard InChI is InChI=1S/C22H19Cl3N4/c1-13(2)3-4-14-5-10-17(18(24)11-14)21-28-19-20(25)26-12-27-22(19)29(21)16-8-6-15(23)7-9-16/h5-13H,3-4H2,1-2H3. The van der Waals surface area contributed by atoms with Crippen LogP contribution in [0.3, 0.4) is 0 Å². The van der Waals surface area contributed by atoms with Crippen LogP contribution in [0.15, 0.2) is 48.8 Å². The van der Waals surface area contributed by atoms with Crippen molar-refractivity contribution in [3.8, 4) is 17.1 Å². The summed E-state index contributed by atoms with van der Waals surface area (Å²) in [5.74, 6) is 1.30. The highest BCUT2D eigenvalue weighted by Crippen LogP contribution is 2.34. The monoisotopic (exact) mass is 444 g/mol.